The smallest absolute Gasteiger partial charge is 0.331 e. The molecule has 2 aromatic rings. The molecule has 10 heteroatoms. The molecule has 1 aliphatic rings. The first-order chi connectivity index (χ1) is 14.9. The van der Waals surface area contributed by atoms with Crippen LogP contribution >= 0.6 is 11.8 Å². The first-order valence-corrected chi connectivity index (χ1v) is 12.0. The number of hydrogen-bond donors (Lipinski definition) is 2. The van der Waals surface area contributed by atoms with Gasteiger partial charge in [-0.05, 0) is 32.6 Å². The van der Waals surface area contributed by atoms with E-state index in [4.69, 9.17) is 0 Å². The Morgan fingerprint density at radius 3 is 2.65 bits per heavy atom. The largest absolute Gasteiger partial charge is 0.395 e. The van der Waals surface area contributed by atoms with Crippen LogP contribution in [0.2, 0.25) is 0 Å². The zero-order valence-electron chi connectivity index (χ0n) is 18.3. The predicted molar refractivity (Wildman–Crippen MR) is 120 cm³/mol. The molecule has 0 aromatic carbocycles. The number of aryl methyl sites for hydroxylation is 3. The van der Waals surface area contributed by atoms with Crippen LogP contribution in [-0.4, -0.2) is 52.3 Å². The quantitative estimate of drug-likeness (QED) is 0.497. The van der Waals surface area contributed by atoms with Crippen molar-refractivity contribution < 1.29 is 10.2 Å². The lowest BCUT2D eigenvalue weighted by molar-refractivity contribution is 0.137. The van der Waals surface area contributed by atoms with Crippen LogP contribution in [0.4, 0.5) is 0 Å². The second-order valence-corrected chi connectivity index (χ2v) is 9.63. The fourth-order valence-electron chi connectivity index (χ4n) is 3.93. The van der Waals surface area contributed by atoms with Gasteiger partial charge in [-0.25, -0.2) is 4.79 Å². The lowest BCUT2D eigenvalue weighted by atomic mass is 10.1. The van der Waals surface area contributed by atoms with E-state index in [0.717, 1.165) is 50.8 Å². The first-order valence-electron chi connectivity index (χ1n) is 11.1. The molecule has 3 atom stereocenters. The molecule has 1 saturated heterocycles. The van der Waals surface area contributed by atoms with Gasteiger partial charge in [0.1, 0.15) is 0 Å². The maximum Gasteiger partial charge on any atom is 0.331 e. The number of aromatic nitrogens is 5. The summed E-state index contributed by atoms with van der Waals surface area (Å²) < 4.78 is 4.72. The molecule has 0 amide bonds. The van der Waals surface area contributed by atoms with E-state index in [-0.39, 0.29) is 28.5 Å². The van der Waals surface area contributed by atoms with Crippen LogP contribution in [0, 0.1) is 6.92 Å². The van der Waals surface area contributed by atoms with Crippen molar-refractivity contribution in [2.45, 2.75) is 88.6 Å². The topological polar surface area (TPSA) is 115 Å². The van der Waals surface area contributed by atoms with E-state index in [1.165, 1.54) is 16.3 Å². The van der Waals surface area contributed by atoms with Crippen molar-refractivity contribution in [3.8, 4) is 0 Å². The van der Waals surface area contributed by atoms with E-state index in [1.54, 1.807) is 17.7 Å². The summed E-state index contributed by atoms with van der Waals surface area (Å²) in [6.45, 7) is 4.95. The third-order valence-corrected chi connectivity index (χ3v) is 7.21. The average Bonchev–Trinajstić information content (AvgIpc) is 3.35. The summed E-state index contributed by atoms with van der Waals surface area (Å²) in [6, 6.07) is 0. The third kappa shape index (κ3) is 5.87. The molecule has 172 valence electrons. The van der Waals surface area contributed by atoms with Crippen molar-refractivity contribution in [1.29, 1.82) is 0 Å². The zero-order valence-corrected chi connectivity index (χ0v) is 19.1. The Morgan fingerprint density at radius 2 is 1.94 bits per heavy atom. The van der Waals surface area contributed by atoms with Gasteiger partial charge in [-0.1, -0.05) is 25.0 Å². The highest BCUT2D eigenvalue weighted by atomic mass is 32.2. The molecule has 0 radical (unpaired) electrons. The molecule has 1 fully saturated rings. The van der Waals surface area contributed by atoms with Gasteiger partial charge in [-0.2, -0.15) is 0 Å². The molecule has 3 rings (SSSR count). The zero-order chi connectivity index (χ0) is 22.4. The lowest BCUT2D eigenvalue weighted by Crippen LogP contribution is -2.41. The third-order valence-electron chi connectivity index (χ3n) is 5.66. The van der Waals surface area contributed by atoms with Gasteiger partial charge in [0.05, 0.1) is 29.0 Å². The minimum Gasteiger partial charge on any atom is -0.395 e. The normalized spacial score (nSPS) is 21.1. The number of thioether (sulfide) groups is 1. The molecule has 31 heavy (non-hydrogen) atoms. The van der Waals surface area contributed by atoms with Gasteiger partial charge in [-0.15, -0.1) is 16.9 Å². The Hall–Kier alpha value is -1.91. The molecular formula is C21H33N5O4S. The van der Waals surface area contributed by atoms with Crippen molar-refractivity contribution in [3.05, 3.63) is 44.5 Å². The van der Waals surface area contributed by atoms with Gasteiger partial charge in [0.25, 0.3) is 5.56 Å². The molecule has 0 spiro atoms. The average molecular weight is 452 g/mol. The number of nitrogens with zero attached hydrogens (tertiary/aromatic N) is 5. The van der Waals surface area contributed by atoms with Crippen molar-refractivity contribution in [2.24, 2.45) is 0 Å². The first kappa shape index (κ1) is 23.7. The minimum absolute atomic E-state index is 0.134. The van der Waals surface area contributed by atoms with Gasteiger partial charge in [-0.3, -0.25) is 18.6 Å². The van der Waals surface area contributed by atoms with Crippen LogP contribution < -0.4 is 11.2 Å². The highest BCUT2D eigenvalue weighted by Crippen LogP contribution is 2.40. The van der Waals surface area contributed by atoms with Crippen LogP contribution in [0.25, 0.3) is 0 Å². The van der Waals surface area contributed by atoms with Crippen LogP contribution in [0.5, 0.6) is 0 Å². The standard InChI is InChI=1S/C21H33N5O4S/c1-3-9-24-13-16(22-23-24)8-6-4-5-7-10-25-20(29)15(2)12-26(21(25)30)19-11-17(28)18(14-27)31-19/h12-13,17-19,27-28H,3-11,14H2,1-2H3/t17?,18-,19?/m1/s1. The Morgan fingerprint density at radius 1 is 1.16 bits per heavy atom. The highest BCUT2D eigenvalue weighted by Gasteiger charge is 2.35. The molecule has 2 aromatic heterocycles. The molecule has 2 N–H and O–H groups in total. The van der Waals surface area contributed by atoms with Crippen molar-refractivity contribution in [3.63, 3.8) is 0 Å². The van der Waals surface area contributed by atoms with Crippen LogP contribution in [-0.2, 0) is 19.5 Å². The highest BCUT2D eigenvalue weighted by molar-refractivity contribution is 8.00. The van der Waals surface area contributed by atoms with E-state index in [2.05, 4.69) is 17.2 Å². The second kappa shape index (κ2) is 11.1. The van der Waals surface area contributed by atoms with Crippen molar-refractivity contribution >= 4 is 11.8 Å². The minimum atomic E-state index is -0.656. The van der Waals surface area contributed by atoms with E-state index in [0.29, 0.717) is 18.5 Å². The Kier molecular flexibility index (Phi) is 8.50. The molecule has 0 bridgehead atoms. The van der Waals surface area contributed by atoms with Gasteiger partial charge < -0.3 is 10.2 Å². The summed E-state index contributed by atoms with van der Waals surface area (Å²) in [7, 11) is 0. The molecule has 0 saturated carbocycles. The molecule has 1 aliphatic heterocycles. The summed E-state index contributed by atoms with van der Waals surface area (Å²) in [5, 5.41) is 27.2. The number of aliphatic hydroxyl groups is 2. The van der Waals surface area contributed by atoms with Crippen molar-refractivity contribution in [1.82, 2.24) is 24.1 Å². The summed E-state index contributed by atoms with van der Waals surface area (Å²) in [4.78, 5) is 25.5. The summed E-state index contributed by atoms with van der Waals surface area (Å²) >= 11 is 1.38. The number of hydrogen-bond acceptors (Lipinski definition) is 7. The predicted octanol–water partition coefficient (Wildman–Crippen LogP) is 1.48. The molecule has 9 nitrogen and oxygen atoms in total. The molecular weight excluding hydrogens is 418 g/mol. The van der Waals surface area contributed by atoms with Gasteiger partial charge in [0.15, 0.2) is 0 Å². The SMILES string of the molecule is CCCn1cc(CCCCCCn2c(=O)c(C)cn(C3CC(O)[C@@H](CO)S3)c2=O)nn1. The fourth-order valence-corrected chi connectivity index (χ4v) is 5.31. The number of unbranched alkanes of at least 4 members (excludes halogenated alkanes) is 3. The Balaban J connectivity index is 1.53. The molecule has 3 heterocycles. The Labute approximate surface area is 186 Å². The monoisotopic (exact) mass is 451 g/mol. The van der Waals surface area contributed by atoms with E-state index in [1.807, 2.05) is 10.9 Å². The summed E-state index contributed by atoms with van der Waals surface area (Å²) in [5.41, 5.74) is 0.920. The van der Waals surface area contributed by atoms with E-state index >= 15 is 0 Å². The number of rotatable bonds is 11. The van der Waals surface area contributed by atoms with Crippen molar-refractivity contribution in [2.75, 3.05) is 6.61 Å². The van der Waals surface area contributed by atoms with Crippen LogP contribution in [0.15, 0.2) is 22.0 Å². The lowest BCUT2D eigenvalue weighted by Gasteiger charge is -2.16. The molecule has 2 unspecified atom stereocenters. The Bertz CT molecular complexity index is 969. The van der Waals surface area contributed by atoms with Gasteiger partial charge in [0, 0.05) is 37.5 Å². The fraction of sp³-hybridized carbons (Fsp3) is 0.714. The van der Waals surface area contributed by atoms with Crippen LogP contribution in [0.1, 0.15) is 62.1 Å². The van der Waals surface area contributed by atoms with E-state index < -0.39 is 6.10 Å². The van der Waals surface area contributed by atoms with E-state index in [9.17, 15) is 19.8 Å². The van der Waals surface area contributed by atoms with Gasteiger partial charge in [0.2, 0.25) is 0 Å². The maximum atomic E-state index is 12.9. The maximum absolute atomic E-state index is 12.9. The second-order valence-electron chi connectivity index (χ2n) is 8.21. The van der Waals surface area contributed by atoms with Gasteiger partial charge >= 0.3 is 5.69 Å². The summed E-state index contributed by atoms with van der Waals surface area (Å²) in [5.74, 6) is 0. The van der Waals surface area contributed by atoms with Crippen LogP contribution in [0.3, 0.4) is 0 Å². The number of aliphatic hydroxyl groups excluding tert-OH is 2. The molecule has 0 aliphatic carbocycles. The summed E-state index contributed by atoms with van der Waals surface area (Å²) in [6.07, 6.45) is 8.89.